The maximum atomic E-state index is 13.3. The molecule has 11 heteroatoms. The summed E-state index contributed by atoms with van der Waals surface area (Å²) in [5.41, 5.74) is 2.59. The summed E-state index contributed by atoms with van der Waals surface area (Å²) in [4.78, 5) is 51.6. The average molecular weight is 596 g/mol. The van der Waals surface area contributed by atoms with Crippen molar-refractivity contribution in [3.05, 3.63) is 87.2 Å². The number of halogens is 2. The summed E-state index contributed by atoms with van der Waals surface area (Å²) < 4.78 is 24.5. The zero-order valence-electron chi connectivity index (χ0n) is 21.1. The van der Waals surface area contributed by atoms with Gasteiger partial charge in [0.15, 0.2) is 18.1 Å². The number of amides is 5. The fourth-order valence-electron chi connectivity index (χ4n) is 3.97. The van der Waals surface area contributed by atoms with Crippen LogP contribution in [0.4, 0.5) is 20.6 Å². The van der Waals surface area contributed by atoms with E-state index in [9.17, 15) is 23.6 Å². The minimum absolute atomic E-state index is 0.209. The number of aryl methyl sites for hydroxylation is 2. The van der Waals surface area contributed by atoms with Gasteiger partial charge in [0.1, 0.15) is 11.4 Å². The lowest BCUT2D eigenvalue weighted by molar-refractivity contribution is -0.122. The standard InChI is InChI=1S/C28H23BrFN3O6/c1-15-8-16(2)10-20(9-15)33-27(36)21(26(35)32-28(33)37)11-17-12-22(29)25(23(13-17)38-3)39-14-24(34)31-19-6-4-18(30)5-7-19/h4-13H,14H2,1-3H3,(H,31,34)(H,32,35,37)/b21-11+. The number of barbiturate groups is 1. The normalized spacial score (nSPS) is 14.3. The van der Waals surface area contributed by atoms with Gasteiger partial charge in [0.25, 0.3) is 17.7 Å². The molecule has 4 rings (SSSR count). The zero-order valence-corrected chi connectivity index (χ0v) is 22.7. The van der Waals surface area contributed by atoms with Crippen molar-refractivity contribution in [3.8, 4) is 11.5 Å². The summed E-state index contributed by atoms with van der Waals surface area (Å²) in [5, 5.41) is 4.79. The Hall–Kier alpha value is -4.51. The van der Waals surface area contributed by atoms with E-state index in [0.717, 1.165) is 16.0 Å². The van der Waals surface area contributed by atoms with Crippen LogP contribution in [-0.2, 0) is 14.4 Å². The highest BCUT2D eigenvalue weighted by Crippen LogP contribution is 2.37. The van der Waals surface area contributed by atoms with Gasteiger partial charge in [-0.05, 0) is 101 Å². The van der Waals surface area contributed by atoms with Crippen molar-refractivity contribution >= 4 is 57.1 Å². The third-order valence-electron chi connectivity index (χ3n) is 5.60. The van der Waals surface area contributed by atoms with Crippen LogP contribution in [0.15, 0.2) is 64.6 Å². The average Bonchev–Trinajstić information content (AvgIpc) is 2.86. The summed E-state index contributed by atoms with van der Waals surface area (Å²) in [5.74, 6) is -2.09. The van der Waals surface area contributed by atoms with Crippen molar-refractivity contribution in [1.29, 1.82) is 0 Å². The monoisotopic (exact) mass is 595 g/mol. The van der Waals surface area contributed by atoms with Crippen molar-refractivity contribution in [2.45, 2.75) is 13.8 Å². The van der Waals surface area contributed by atoms with Gasteiger partial charge in [-0.3, -0.25) is 19.7 Å². The first-order valence-corrected chi connectivity index (χ1v) is 12.4. The van der Waals surface area contributed by atoms with Crippen LogP contribution in [-0.4, -0.2) is 37.5 Å². The maximum Gasteiger partial charge on any atom is 0.335 e. The Morgan fingerprint density at radius 3 is 2.36 bits per heavy atom. The number of ether oxygens (including phenoxy) is 2. The molecular formula is C28H23BrFN3O6. The van der Waals surface area contributed by atoms with E-state index >= 15 is 0 Å². The minimum atomic E-state index is -0.839. The molecule has 1 saturated heterocycles. The number of rotatable bonds is 7. The molecule has 1 fully saturated rings. The van der Waals surface area contributed by atoms with Gasteiger partial charge in [0.05, 0.1) is 17.3 Å². The van der Waals surface area contributed by atoms with E-state index in [1.807, 2.05) is 19.9 Å². The van der Waals surface area contributed by atoms with Crippen LogP contribution < -0.4 is 25.0 Å². The minimum Gasteiger partial charge on any atom is -0.493 e. The number of urea groups is 1. The van der Waals surface area contributed by atoms with E-state index in [1.165, 1.54) is 43.5 Å². The predicted octanol–water partition coefficient (Wildman–Crippen LogP) is 4.90. The van der Waals surface area contributed by atoms with E-state index in [1.54, 1.807) is 18.2 Å². The molecule has 0 aromatic heterocycles. The van der Waals surface area contributed by atoms with Crippen LogP contribution in [0.1, 0.15) is 16.7 Å². The first-order chi connectivity index (χ1) is 18.5. The molecule has 9 nitrogen and oxygen atoms in total. The molecule has 3 aromatic rings. The maximum absolute atomic E-state index is 13.3. The number of nitrogens with zero attached hydrogens (tertiary/aromatic N) is 1. The Bertz CT molecular complexity index is 1500. The third kappa shape index (κ3) is 6.32. The number of benzene rings is 3. The van der Waals surface area contributed by atoms with Gasteiger partial charge in [0.2, 0.25) is 0 Å². The van der Waals surface area contributed by atoms with E-state index in [0.29, 0.717) is 21.4 Å². The van der Waals surface area contributed by atoms with Crippen molar-refractivity contribution in [2.75, 3.05) is 23.9 Å². The highest BCUT2D eigenvalue weighted by Gasteiger charge is 2.37. The Morgan fingerprint density at radius 1 is 1.05 bits per heavy atom. The van der Waals surface area contributed by atoms with E-state index < -0.39 is 29.6 Å². The van der Waals surface area contributed by atoms with Gasteiger partial charge >= 0.3 is 6.03 Å². The Balaban J connectivity index is 1.57. The molecule has 1 aliphatic rings. The Labute approximate surface area is 231 Å². The molecule has 3 aromatic carbocycles. The number of hydrogen-bond acceptors (Lipinski definition) is 6. The SMILES string of the molecule is COc1cc(/C=C2\C(=O)NC(=O)N(c3cc(C)cc(C)c3)C2=O)cc(Br)c1OCC(=O)Nc1ccc(F)cc1. The fraction of sp³-hybridized carbons (Fsp3) is 0.143. The molecule has 200 valence electrons. The fourth-order valence-corrected chi connectivity index (χ4v) is 4.54. The number of carbonyl (C=O) groups is 4. The number of carbonyl (C=O) groups excluding carboxylic acids is 4. The second-order valence-corrected chi connectivity index (χ2v) is 9.54. The molecule has 0 atom stereocenters. The van der Waals surface area contributed by atoms with Crippen LogP contribution >= 0.6 is 15.9 Å². The molecule has 1 heterocycles. The van der Waals surface area contributed by atoms with Crippen molar-refractivity contribution in [2.24, 2.45) is 0 Å². The van der Waals surface area contributed by atoms with Gasteiger partial charge in [0, 0.05) is 5.69 Å². The molecule has 39 heavy (non-hydrogen) atoms. The first-order valence-electron chi connectivity index (χ1n) is 11.6. The van der Waals surface area contributed by atoms with Gasteiger partial charge in [-0.15, -0.1) is 0 Å². The van der Waals surface area contributed by atoms with Crippen LogP contribution in [0, 0.1) is 19.7 Å². The van der Waals surface area contributed by atoms with Crippen LogP contribution in [0.2, 0.25) is 0 Å². The topological polar surface area (TPSA) is 114 Å². The molecule has 5 amide bonds. The highest BCUT2D eigenvalue weighted by atomic mass is 79.9. The van der Waals surface area contributed by atoms with Crippen LogP contribution in [0.3, 0.4) is 0 Å². The summed E-state index contributed by atoms with van der Waals surface area (Å²) in [6.45, 7) is 3.30. The Kier molecular flexibility index (Phi) is 8.10. The smallest absolute Gasteiger partial charge is 0.335 e. The molecule has 0 aliphatic carbocycles. The quantitative estimate of drug-likeness (QED) is 0.297. The van der Waals surface area contributed by atoms with Crippen LogP contribution in [0.25, 0.3) is 6.08 Å². The van der Waals surface area contributed by atoms with Crippen molar-refractivity contribution < 1.29 is 33.0 Å². The van der Waals surface area contributed by atoms with E-state index in [4.69, 9.17) is 9.47 Å². The lowest BCUT2D eigenvalue weighted by atomic mass is 10.0. The second-order valence-electron chi connectivity index (χ2n) is 8.68. The van der Waals surface area contributed by atoms with Gasteiger partial charge in [-0.25, -0.2) is 14.1 Å². The number of hydrogen-bond donors (Lipinski definition) is 2. The number of imide groups is 2. The number of anilines is 2. The van der Waals surface area contributed by atoms with E-state index in [2.05, 4.69) is 26.6 Å². The third-order valence-corrected chi connectivity index (χ3v) is 6.19. The van der Waals surface area contributed by atoms with Crippen LogP contribution in [0.5, 0.6) is 11.5 Å². The molecular weight excluding hydrogens is 573 g/mol. The van der Waals surface area contributed by atoms with Gasteiger partial charge in [-0.1, -0.05) is 6.07 Å². The van der Waals surface area contributed by atoms with E-state index in [-0.39, 0.29) is 23.7 Å². The lowest BCUT2D eigenvalue weighted by Crippen LogP contribution is -2.54. The largest absolute Gasteiger partial charge is 0.493 e. The molecule has 0 spiro atoms. The lowest BCUT2D eigenvalue weighted by Gasteiger charge is -2.27. The molecule has 0 bridgehead atoms. The summed E-state index contributed by atoms with van der Waals surface area (Å²) in [6, 6.07) is 12.8. The first kappa shape index (κ1) is 27.5. The summed E-state index contributed by atoms with van der Waals surface area (Å²) in [6.07, 6.45) is 1.33. The molecule has 2 N–H and O–H groups in total. The van der Waals surface area contributed by atoms with Crippen molar-refractivity contribution in [3.63, 3.8) is 0 Å². The second kappa shape index (κ2) is 11.5. The van der Waals surface area contributed by atoms with Gasteiger partial charge in [-0.2, -0.15) is 0 Å². The molecule has 0 radical (unpaired) electrons. The van der Waals surface area contributed by atoms with Crippen molar-refractivity contribution in [1.82, 2.24) is 5.32 Å². The summed E-state index contributed by atoms with van der Waals surface area (Å²) >= 11 is 3.38. The summed E-state index contributed by atoms with van der Waals surface area (Å²) in [7, 11) is 1.39. The number of methoxy groups -OCH3 is 1. The Morgan fingerprint density at radius 2 is 1.72 bits per heavy atom. The molecule has 1 aliphatic heterocycles. The molecule has 0 saturated carbocycles. The van der Waals surface area contributed by atoms with Gasteiger partial charge < -0.3 is 14.8 Å². The predicted molar refractivity (Wildman–Crippen MR) is 146 cm³/mol. The zero-order chi connectivity index (χ0) is 28.3. The highest BCUT2D eigenvalue weighted by molar-refractivity contribution is 9.10. The molecule has 0 unspecified atom stereocenters. The number of nitrogens with one attached hydrogen (secondary N) is 2.